The van der Waals surface area contributed by atoms with Crippen molar-refractivity contribution in [2.75, 3.05) is 32.1 Å². The first-order chi connectivity index (χ1) is 10.9. The highest BCUT2D eigenvalue weighted by molar-refractivity contribution is 6.30. The maximum absolute atomic E-state index is 12.5. The van der Waals surface area contributed by atoms with Crippen LogP contribution in [0.25, 0.3) is 0 Å². The molecule has 0 radical (unpaired) electrons. The standard InChI is InChI=1S/C17H21ClN4O/c1-12-11-14(18)5-6-15(12)16(23)21(3)9-10-22(4)17-19-8-7-13(2)20-17/h5-8,11H,9-10H2,1-4H3. The molecule has 0 spiro atoms. The fourth-order valence-corrected chi connectivity index (χ4v) is 2.42. The lowest BCUT2D eigenvalue weighted by molar-refractivity contribution is 0.0798. The number of carbonyl (C=O) groups excluding carboxylic acids is 1. The van der Waals surface area contributed by atoms with Crippen LogP contribution in [0.1, 0.15) is 21.6 Å². The molecule has 23 heavy (non-hydrogen) atoms. The van der Waals surface area contributed by atoms with E-state index < -0.39 is 0 Å². The second kappa shape index (κ2) is 7.42. The van der Waals surface area contributed by atoms with Gasteiger partial charge in [-0.2, -0.15) is 0 Å². The number of amides is 1. The molecule has 1 aromatic heterocycles. The molecule has 0 unspecified atom stereocenters. The van der Waals surface area contributed by atoms with Gasteiger partial charge >= 0.3 is 0 Å². The van der Waals surface area contributed by atoms with Crippen LogP contribution in [-0.4, -0.2) is 48.0 Å². The summed E-state index contributed by atoms with van der Waals surface area (Å²) in [5.41, 5.74) is 2.47. The number of nitrogens with zero attached hydrogens (tertiary/aromatic N) is 4. The Kier molecular flexibility index (Phi) is 5.55. The van der Waals surface area contributed by atoms with Crippen molar-refractivity contribution in [1.29, 1.82) is 0 Å². The van der Waals surface area contributed by atoms with Crippen LogP contribution in [-0.2, 0) is 0 Å². The predicted molar refractivity (Wildman–Crippen MR) is 93.2 cm³/mol. The molecule has 0 saturated carbocycles. The van der Waals surface area contributed by atoms with Gasteiger partial charge in [-0.15, -0.1) is 0 Å². The minimum absolute atomic E-state index is 0.0160. The molecule has 1 amide bonds. The van der Waals surface area contributed by atoms with Crippen molar-refractivity contribution < 1.29 is 4.79 Å². The number of halogens is 1. The Morgan fingerprint density at radius 2 is 1.91 bits per heavy atom. The minimum Gasteiger partial charge on any atom is -0.342 e. The van der Waals surface area contributed by atoms with Crippen LogP contribution in [0.3, 0.4) is 0 Å². The topological polar surface area (TPSA) is 49.3 Å². The molecule has 1 heterocycles. The minimum atomic E-state index is -0.0160. The lowest BCUT2D eigenvalue weighted by Crippen LogP contribution is -2.35. The summed E-state index contributed by atoms with van der Waals surface area (Å²) in [7, 11) is 3.71. The number of rotatable bonds is 5. The summed E-state index contributed by atoms with van der Waals surface area (Å²) in [6.45, 7) is 5.05. The van der Waals surface area contributed by atoms with E-state index in [1.165, 1.54) is 0 Å². The van der Waals surface area contributed by atoms with Crippen LogP contribution >= 0.6 is 11.6 Å². The van der Waals surface area contributed by atoms with Gasteiger partial charge in [-0.25, -0.2) is 9.97 Å². The van der Waals surface area contributed by atoms with Gasteiger partial charge in [-0.05, 0) is 43.7 Å². The Bertz CT molecular complexity index is 705. The van der Waals surface area contributed by atoms with E-state index in [1.54, 1.807) is 36.3 Å². The molecule has 0 fully saturated rings. The Hall–Kier alpha value is -2.14. The van der Waals surface area contributed by atoms with E-state index in [9.17, 15) is 4.79 Å². The van der Waals surface area contributed by atoms with E-state index in [0.717, 1.165) is 11.3 Å². The fraction of sp³-hybridized carbons (Fsp3) is 0.353. The summed E-state index contributed by atoms with van der Waals surface area (Å²) in [6.07, 6.45) is 1.74. The van der Waals surface area contributed by atoms with E-state index in [-0.39, 0.29) is 5.91 Å². The molecule has 0 saturated heterocycles. The summed E-state index contributed by atoms with van der Waals surface area (Å²) >= 11 is 5.94. The molecule has 2 aromatic rings. The number of anilines is 1. The van der Waals surface area contributed by atoms with E-state index >= 15 is 0 Å². The van der Waals surface area contributed by atoms with Gasteiger partial charge in [-0.3, -0.25) is 4.79 Å². The number of benzene rings is 1. The zero-order valence-electron chi connectivity index (χ0n) is 13.9. The Morgan fingerprint density at radius 3 is 2.57 bits per heavy atom. The first-order valence-electron chi connectivity index (χ1n) is 7.41. The maximum Gasteiger partial charge on any atom is 0.253 e. The van der Waals surface area contributed by atoms with E-state index in [0.29, 0.717) is 29.6 Å². The third kappa shape index (κ3) is 4.42. The number of likely N-dealkylation sites (N-methyl/N-ethyl adjacent to an activating group) is 2. The van der Waals surface area contributed by atoms with Gasteiger partial charge in [-0.1, -0.05) is 11.6 Å². The average molecular weight is 333 g/mol. The van der Waals surface area contributed by atoms with Crippen LogP contribution in [0, 0.1) is 13.8 Å². The molecule has 122 valence electrons. The fourth-order valence-electron chi connectivity index (χ4n) is 2.19. The van der Waals surface area contributed by atoms with Gasteiger partial charge in [0.2, 0.25) is 5.95 Å². The van der Waals surface area contributed by atoms with Gasteiger partial charge in [0, 0.05) is 49.7 Å². The van der Waals surface area contributed by atoms with Crippen LogP contribution in [0.4, 0.5) is 5.95 Å². The van der Waals surface area contributed by atoms with Crippen molar-refractivity contribution in [3.8, 4) is 0 Å². The van der Waals surface area contributed by atoms with Gasteiger partial charge < -0.3 is 9.80 Å². The zero-order chi connectivity index (χ0) is 17.0. The summed E-state index contributed by atoms with van der Waals surface area (Å²) in [6, 6.07) is 7.16. The van der Waals surface area contributed by atoms with Crippen LogP contribution in [0.2, 0.25) is 5.02 Å². The highest BCUT2D eigenvalue weighted by Gasteiger charge is 2.15. The van der Waals surface area contributed by atoms with Gasteiger partial charge in [0.05, 0.1) is 0 Å². The number of carbonyl (C=O) groups is 1. The number of aromatic nitrogens is 2. The molecule has 0 aliphatic rings. The quantitative estimate of drug-likeness (QED) is 0.844. The molecule has 2 rings (SSSR count). The van der Waals surface area contributed by atoms with Gasteiger partial charge in [0.15, 0.2) is 0 Å². The molecule has 0 bridgehead atoms. The summed E-state index contributed by atoms with van der Waals surface area (Å²) in [5, 5.41) is 0.637. The molecule has 0 atom stereocenters. The summed E-state index contributed by atoms with van der Waals surface area (Å²) in [4.78, 5) is 24.8. The van der Waals surface area contributed by atoms with Crippen molar-refractivity contribution in [3.63, 3.8) is 0 Å². The Morgan fingerprint density at radius 1 is 1.17 bits per heavy atom. The first kappa shape index (κ1) is 17.2. The van der Waals surface area contributed by atoms with Crippen molar-refractivity contribution in [3.05, 3.63) is 52.3 Å². The smallest absolute Gasteiger partial charge is 0.253 e. The normalized spacial score (nSPS) is 10.5. The van der Waals surface area contributed by atoms with Crippen molar-refractivity contribution >= 4 is 23.5 Å². The lowest BCUT2D eigenvalue weighted by atomic mass is 10.1. The monoisotopic (exact) mass is 332 g/mol. The van der Waals surface area contributed by atoms with Crippen molar-refractivity contribution in [2.45, 2.75) is 13.8 Å². The largest absolute Gasteiger partial charge is 0.342 e. The van der Waals surface area contributed by atoms with E-state index in [1.807, 2.05) is 31.9 Å². The second-order valence-corrected chi connectivity index (χ2v) is 6.04. The molecule has 1 aromatic carbocycles. The maximum atomic E-state index is 12.5. The number of hydrogen-bond donors (Lipinski definition) is 0. The highest BCUT2D eigenvalue weighted by Crippen LogP contribution is 2.16. The van der Waals surface area contributed by atoms with E-state index in [2.05, 4.69) is 9.97 Å². The second-order valence-electron chi connectivity index (χ2n) is 5.61. The molecule has 6 heteroatoms. The van der Waals surface area contributed by atoms with Crippen LogP contribution < -0.4 is 4.90 Å². The van der Waals surface area contributed by atoms with Gasteiger partial charge in [0.25, 0.3) is 5.91 Å². The Balaban J connectivity index is 1.98. The Labute approximate surface area is 141 Å². The molecule has 5 nitrogen and oxygen atoms in total. The third-order valence-electron chi connectivity index (χ3n) is 3.66. The molecular weight excluding hydrogens is 312 g/mol. The number of hydrogen-bond acceptors (Lipinski definition) is 4. The average Bonchev–Trinajstić information content (AvgIpc) is 2.51. The van der Waals surface area contributed by atoms with Crippen molar-refractivity contribution in [1.82, 2.24) is 14.9 Å². The van der Waals surface area contributed by atoms with E-state index in [4.69, 9.17) is 11.6 Å². The highest BCUT2D eigenvalue weighted by atomic mass is 35.5. The molecule has 0 aliphatic carbocycles. The predicted octanol–water partition coefficient (Wildman–Crippen LogP) is 2.96. The van der Waals surface area contributed by atoms with Crippen molar-refractivity contribution in [2.24, 2.45) is 0 Å². The molecular formula is C17H21ClN4O. The SMILES string of the molecule is Cc1ccnc(N(C)CCN(C)C(=O)c2ccc(Cl)cc2C)n1. The van der Waals surface area contributed by atoms with Gasteiger partial charge in [0.1, 0.15) is 0 Å². The lowest BCUT2D eigenvalue weighted by Gasteiger charge is -2.23. The third-order valence-corrected chi connectivity index (χ3v) is 3.89. The molecule has 0 N–H and O–H groups in total. The summed E-state index contributed by atoms with van der Waals surface area (Å²) in [5.74, 6) is 0.645. The zero-order valence-corrected chi connectivity index (χ0v) is 14.6. The van der Waals surface area contributed by atoms with Crippen LogP contribution in [0.15, 0.2) is 30.5 Å². The summed E-state index contributed by atoms with van der Waals surface area (Å²) < 4.78 is 0. The number of aryl methyl sites for hydroxylation is 2. The first-order valence-corrected chi connectivity index (χ1v) is 7.78. The van der Waals surface area contributed by atoms with Crippen LogP contribution in [0.5, 0.6) is 0 Å². The molecule has 0 aliphatic heterocycles.